The van der Waals surface area contributed by atoms with Gasteiger partial charge in [0.25, 0.3) is 0 Å². The van der Waals surface area contributed by atoms with Crippen LogP contribution in [0.1, 0.15) is 11.1 Å². The average molecular weight is 350 g/mol. The van der Waals surface area contributed by atoms with Crippen LogP contribution in [0.5, 0.6) is 0 Å². The molecule has 0 amide bonds. The second-order valence-corrected chi connectivity index (χ2v) is 5.67. The predicted molar refractivity (Wildman–Crippen MR) is 104 cm³/mol. The molecule has 1 heterocycles. The zero-order valence-corrected chi connectivity index (χ0v) is 14.3. The number of nitrogen functional groups attached to an aromatic ring is 1. The molecule has 0 bridgehead atoms. The van der Waals surface area contributed by atoms with Gasteiger partial charge in [0.1, 0.15) is 5.82 Å². The van der Waals surface area contributed by atoms with Crippen molar-refractivity contribution >= 4 is 23.3 Å². The van der Waals surface area contributed by atoms with Crippen molar-refractivity contribution in [3.8, 4) is 0 Å². The molecule has 0 radical (unpaired) electrons. The van der Waals surface area contributed by atoms with Gasteiger partial charge in [0.05, 0.1) is 6.61 Å². The van der Waals surface area contributed by atoms with E-state index in [0.717, 1.165) is 16.8 Å². The molecule has 6 N–H and O–H groups in total. The highest BCUT2D eigenvalue weighted by molar-refractivity contribution is 5.64. The first kappa shape index (κ1) is 17.7. The van der Waals surface area contributed by atoms with E-state index in [1.807, 2.05) is 60.7 Å². The van der Waals surface area contributed by atoms with E-state index in [0.29, 0.717) is 30.5 Å². The predicted octanol–water partition coefficient (Wildman–Crippen LogP) is 2.50. The molecule has 3 rings (SSSR count). The summed E-state index contributed by atoms with van der Waals surface area (Å²) in [5.41, 5.74) is 5.49. The first-order valence-electron chi connectivity index (χ1n) is 8.38. The highest BCUT2D eigenvalue weighted by atomic mass is 16.3. The second kappa shape index (κ2) is 8.80. The van der Waals surface area contributed by atoms with Crippen molar-refractivity contribution in [2.24, 2.45) is 5.84 Å². The lowest BCUT2D eigenvalue weighted by atomic mass is 10.1. The molecule has 7 heteroatoms. The van der Waals surface area contributed by atoms with Gasteiger partial charge in [-0.15, -0.1) is 0 Å². The van der Waals surface area contributed by atoms with Gasteiger partial charge in [-0.25, -0.2) is 5.84 Å². The van der Waals surface area contributed by atoms with Gasteiger partial charge in [0.2, 0.25) is 5.95 Å². The van der Waals surface area contributed by atoms with Crippen molar-refractivity contribution in [1.82, 2.24) is 9.97 Å². The number of hydrogen-bond acceptors (Lipinski definition) is 7. The number of benzene rings is 2. The zero-order chi connectivity index (χ0) is 18.2. The van der Waals surface area contributed by atoms with E-state index in [4.69, 9.17) is 5.84 Å². The van der Waals surface area contributed by atoms with Crippen LogP contribution in [-0.4, -0.2) is 28.2 Å². The van der Waals surface area contributed by atoms with Crippen molar-refractivity contribution in [1.29, 1.82) is 0 Å². The van der Waals surface area contributed by atoms with E-state index >= 15 is 0 Å². The van der Waals surface area contributed by atoms with E-state index in [1.54, 1.807) is 0 Å². The Morgan fingerprint density at radius 3 is 2.19 bits per heavy atom. The fourth-order valence-corrected chi connectivity index (χ4v) is 2.60. The molecule has 7 nitrogen and oxygen atoms in total. The number of rotatable bonds is 8. The second-order valence-electron chi connectivity index (χ2n) is 5.67. The van der Waals surface area contributed by atoms with Crippen LogP contribution in [0, 0.1) is 0 Å². The molecule has 3 aromatic rings. The van der Waals surface area contributed by atoms with Gasteiger partial charge in [-0.1, -0.05) is 48.5 Å². The van der Waals surface area contributed by atoms with Crippen LogP contribution < -0.4 is 21.9 Å². The standard InChI is InChI=1S/C19H22N6O/c20-25-18-16(13-14-7-3-1-4-8-14)17(21-11-12-26)23-19(24-18)22-15-9-5-2-6-10-15/h1-10,26H,11-13,20H2,(H3,21,22,23,24,25). The zero-order valence-electron chi connectivity index (χ0n) is 14.3. The van der Waals surface area contributed by atoms with Crippen molar-refractivity contribution in [3.05, 3.63) is 71.8 Å². The lowest BCUT2D eigenvalue weighted by Gasteiger charge is -2.16. The minimum atomic E-state index is 0.00160. The van der Waals surface area contributed by atoms with Crippen LogP contribution in [-0.2, 0) is 6.42 Å². The summed E-state index contributed by atoms with van der Waals surface area (Å²) in [6, 6.07) is 19.7. The number of nitrogens with zero attached hydrogens (tertiary/aromatic N) is 2. The first-order chi connectivity index (χ1) is 12.8. The number of hydrogen-bond donors (Lipinski definition) is 5. The van der Waals surface area contributed by atoms with Crippen LogP contribution in [0.2, 0.25) is 0 Å². The van der Waals surface area contributed by atoms with Gasteiger partial charge in [0, 0.05) is 24.2 Å². The Morgan fingerprint density at radius 2 is 1.54 bits per heavy atom. The van der Waals surface area contributed by atoms with E-state index < -0.39 is 0 Å². The maximum absolute atomic E-state index is 9.18. The number of nitrogens with two attached hydrogens (primary N) is 1. The molecule has 2 aromatic carbocycles. The monoisotopic (exact) mass is 350 g/mol. The Bertz CT molecular complexity index is 826. The molecule has 0 aliphatic rings. The molecular weight excluding hydrogens is 328 g/mol. The summed E-state index contributed by atoms with van der Waals surface area (Å²) in [5, 5.41) is 15.5. The smallest absolute Gasteiger partial charge is 0.231 e. The normalized spacial score (nSPS) is 10.4. The van der Waals surface area contributed by atoms with E-state index in [2.05, 4.69) is 26.0 Å². The summed E-state index contributed by atoms with van der Waals surface area (Å²) in [7, 11) is 0. The van der Waals surface area contributed by atoms with Gasteiger partial charge >= 0.3 is 0 Å². The Hall–Kier alpha value is -3.16. The Balaban J connectivity index is 1.96. The summed E-state index contributed by atoms with van der Waals surface area (Å²) < 4.78 is 0. The fourth-order valence-electron chi connectivity index (χ4n) is 2.60. The van der Waals surface area contributed by atoms with E-state index in [1.165, 1.54) is 0 Å². The van der Waals surface area contributed by atoms with Gasteiger partial charge in [-0.2, -0.15) is 9.97 Å². The highest BCUT2D eigenvalue weighted by Crippen LogP contribution is 2.26. The van der Waals surface area contributed by atoms with Crippen molar-refractivity contribution in [2.75, 3.05) is 29.2 Å². The minimum absolute atomic E-state index is 0.00160. The fraction of sp³-hybridized carbons (Fsp3) is 0.158. The summed E-state index contributed by atoms with van der Waals surface area (Å²) in [5.74, 6) is 7.30. The maximum atomic E-state index is 9.18. The molecular formula is C19H22N6O. The minimum Gasteiger partial charge on any atom is -0.395 e. The topological polar surface area (TPSA) is 108 Å². The number of hydrazine groups is 1. The Labute approximate surface area is 152 Å². The van der Waals surface area contributed by atoms with Crippen LogP contribution in [0.3, 0.4) is 0 Å². The lowest BCUT2D eigenvalue weighted by molar-refractivity contribution is 0.311. The molecule has 134 valence electrons. The highest BCUT2D eigenvalue weighted by Gasteiger charge is 2.15. The van der Waals surface area contributed by atoms with Crippen LogP contribution in [0.15, 0.2) is 60.7 Å². The number of nitrogens with one attached hydrogen (secondary N) is 3. The number of aliphatic hydroxyl groups is 1. The summed E-state index contributed by atoms with van der Waals surface area (Å²) >= 11 is 0. The van der Waals surface area contributed by atoms with E-state index in [-0.39, 0.29) is 6.61 Å². The third kappa shape index (κ3) is 4.47. The number of anilines is 4. The van der Waals surface area contributed by atoms with Gasteiger partial charge in [0.15, 0.2) is 5.82 Å². The lowest BCUT2D eigenvalue weighted by Crippen LogP contribution is -2.17. The van der Waals surface area contributed by atoms with Crippen LogP contribution in [0.25, 0.3) is 0 Å². The van der Waals surface area contributed by atoms with Crippen molar-refractivity contribution < 1.29 is 5.11 Å². The molecule has 0 spiro atoms. The Kier molecular flexibility index (Phi) is 5.97. The molecule has 0 aliphatic heterocycles. The van der Waals surface area contributed by atoms with Gasteiger partial charge < -0.3 is 21.2 Å². The first-order valence-corrected chi connectivity index (χ1v) is 8.38. The summed E-state index contributed by atoms with van der Waals surface area (Å²) in [6.07, 6.45) is 0.611. The molecule has 0 aliphatic carbocycles. The molecule has 0 fully saturated rings. The Morgan fingerprint density at radius 1 is 0.885 bits per heavy atom. The third-order valence-corrected chi connectivity index (χ3v) is 3.80. The summed E-state index contributed by atoms with van der Waals surface area (Å²) in [6.45, 7) is 0.384. The van der Waals surface area contributed by atoms with Gasteiger partial charge in [-0.3, -0.25) is 0 Å². The summed E-state index contributed by atoms with van der Waals surface area (Å²) in [4.78, 5) is 9.06. The number of para-hydroxylation sites is 1. The average Bonchev–Trinajstić information content (AvgIpc) is 2.69. The SMILES string of the molecule is NNc1nc(Nc2ccccc2)nc(NCCO)c1Cc1ccccc1. The van der Waals surface area contributed by atoms with Crippen molar-refractivity contribution in [3.63, 3.8) is 0 Å². The van der Waals surface area contributed by atoms with Crippen LogP contribution >= 0.6 is 0 Å². The van der Waals surface area contributed by atoms with Crippen molar-refractivity contribution in [2.45, 2.75) is 6.42 Å². The molecule has 1 aromatic heterocycles. The molecule has 0 unspecified atom stereocenters. The number of aliphatic hydroxyl groups excluding tert-OH is 1. The van der Waals surface area contributed by atoms with Gasteiger partial charge in [-0.05, 0) is 17.7 Å². The third-order valence-electron chi connectivity index (χ3n) is 3.80. The maximum Gasteiger partial charge on any atom is 0.231 e. The van der Waals surface area contributed by atoms with Crippen LogP contribution in [0.4, 0.5) is 23.3 Å². The molecule has 0 saturated carbocycles. The quantitative estimate of drug-likeness (QED) is 0.314. The molecule has 0 atom stereocenters. The molecule has 0 saturated heterocycles. The largest absolute Gasteiger partial charge is 0.395 e. The number of aromatic nitrogens is 2. The molecule has 26 heavy (non-hydrogen) atoms. The van der Waals surface area contributed by atoms with E-state index in [9.17, 15) is 5.11 Å².